The van der Waals surface area contributed by atoms with Gasteiger partial charge in [0.25, 0.3) is 0 Å². The summed E-state index contributed by atoms with van der Waals surface area (Å²) in [5.41, 5.74) is 0.951. The first kappa shape index (κ1) is 16.5. The van der Waals surface area contributed by atoms with Gasteiger partial charge in [-0.05, 0) is 34.5 Å². The molecule has 1 unspecified atom stereocenters. The molecule has 0 aliphatic rings. The Morgan fingerprint density at radius 2 is 1.96 bits per heavy atom. The van der Waals surface area contributed by atoms with E-state index >= 15 is 0 Å². The Bertz CT molecular complexity index is 844. The van der Waals surface area contributed by atoms with Crippen LogP contribution in [0.15, 0.2) is 55.1 Å². The summed E-state index contributed by atoms with van der Waals surface area (Å²) in [5.74, 6) is -0.383. The van der Waals surface area contributed by atoms with Crippen LogP contribution in [0.2, 0.25) is 5.02 Å². The van der Waals surface area contributed by atoms with Crippen molar-refractivity contribution < 1.29 is 9.53 Å². The molecule has 2 aromatic carbocycles. The van der Waals surface area contributed by atoms with Crippen molar-refractivity contribution in [2.75, 3.05) is 0 Å². The minimum atomic E-state index is -0.367. The van der Waals surface area contributed by atoms with Crippen molar-refractivity contribution >= 4 is 28.3 Å². The van der Waals surface area contributed by atoms with E-state index in [1.807, 2.05) is 61.0 Å². The number of fused-ring (bicyclic) bond motifs is 1. The molecule has 0 spiro atoms. The van der Waals surface area contributed by atoms with Gasteiger partial charge in [0.05, 0.1) is 18.8 Å². The van der Waals surface area contributed by atoms with Crippen LogP contribution in [0.3, 0.4) is 0 Å². The topological polar surface area (TPSA) is 44.1 Å². The average Bonchev–Trinajstić information content (AvgIpc) is 3.06. The highest BCUT2D eigenvalue weighted by Gasteiger charge is 2.20. The third-order valence-electron chi connectivity index (χ3n) is 3.86. The molecule has 0 saturated heterocycles. The molecule has 0 bridgehead atoms. The zero-order valence-electron chi connectivity index (χ0n) is 13.6. The molecule has 0 fully saturated rings. The predicted octanol–water partition coefficient (Wildman–Crippen LogP) is 4.63. The zero-order chi connectivity index (χ0) is 17.1. The second kappa shape index (κ2) is 7.05. The van der Waals surface area contributed by atoms with Crippen molar-refractivity contribution in [3.63, 3.8) is 0 Å². The van der Waals surface area contributed by atoms with E-state index in [4.69, 9.17) is 16.3 Å². The maximum Gasteiger partial charge on any atom is 0.309 e. The number of carbonyl (C=O) groups excluding carboxylic acids is 1. The van der Waals surface area contributed by atoms with Gasteiger partial charge in [0.2, 0.25) is 0 Å². The summed E-state index contributed by atoms with van der Waals surface area (Å²) in [7, 11) is 0. The van der Waals surface area contributed by atoms with E-state index < -0.39 is 0 Å². The molecule has 4 nitrogen and oxygen atoms in total. The molecule has 24 heavy (non-hydrogen) atoms. The molecule has 1 atom stereocenters. The Morgan fingerprint density at radius 1 is 1.21 bits per heavy atom. The van der Waals surface area contributed by atoms with E-state index in [1.54, 1.807) is 12.5 Å². The van der Waals surface area contributed by atoms with Crippen molar-refractivity contribution in [2.24, 2.45) is 5.92 Å². The molecular weight excluding hydrogens is 324 g/mol. The molecular formula is C19H19ClN2O2. The quantitative estimate of drug-likeness (QED) is 0.635. The third kappa shape index (κ3) is 3.77. The fraction of sp³-hybridized carbons (Fsp3) is 0.263. The molecule has 124 valence electrons. The second-order valence-corrected chi connectivity index (χ2v) is 6.53. The first-order chi connectivity index (χ1) is 11.5. The van der Waals surface area contributed by atoms with Gasteiger partial charge >= 0.3 is 5.97 Å². The summed E-state index contributed by atoms with van der Waals surface area (Å²) < 4.78 is 7.64. The second-order valence-electron chi connectivity index (χ2n) is 6.09. The van der Waals surface area contributed by atoms with Crippen LogP contribution in [-0.2, 0) is 16.1 Å². The molecule has 0 radical (unpaired) electrons. The van der Waals surface area contributed by atoms with Gasteiger partial charge in [0.15, 0.2) is 0 Å². The number of hydrogen-bond donors (Lipinski definition) is 0. The van der Waals surface area contributed by atoms with Gasteiger partial charge in [0.1, 0.15) is 6.10 Å². The summed E-state index contributed by atoms with van der Waals surface area (Å²) in [5, 5.41) is 2.83. The average molecular weight is 343 g/mol. The number of rotatable bonds is 5. The minimum Gasteiger partial charge on any atom is -0.455 e. The number of nitrogens with zero attached hydrogens (tertiary/aromatic N) is 2. The van der Waals surface area contributed by atoms with Gasteiger partial charge in [-0.2, -0.15) is 0 Å². The summed E-state index contributed by atoms with van der Waals surface area (Å²) in [4.78, 5) is 16.1. The number of ether oxygens (including phenoxy) is 1. The fourth-order valence-electron chi connectivity index (χ4n) is 2.51. The molecule has 1 aromatic heterocycles. The highest BCUT2D eigenvalue weighted by Crippen LogP contribution is 2.27. The van der Waals surface area contributed by atoms with Gasteiger partial charge in [-0.15, -0.1) is 0 Å². The molecule has 3 rings (SSSR count). The smallest absolute Gasteiger partial charge is 0.309 e. The lowest BCUT2D eigenvalue weighted by Gasteiger charge is -2.20. The van der Waals surface area contributed by atoms with Gasteiger partial charge in [0, 0.05) is 17.4 Å². The van der Waals surface area contributed by atoms with Gasteiger partial charge in [-0.25, -0.2) is 4.98 Å². The Morgan fingerprint density at radius 3 is 2.67 bits per heavy atom. The summed E-state index contributed by atoms with van der Waals surface area (Å²) >= 11 is 6.04. The number of imidazole rings is 1. The molecule has 0 aliphatic heterocycles. The maximum atomic E-state index is 12.1. The lowest BCUT2D eigenvalue weighted by Crippen LogP contribution is -2.19. The third-order valence-corrected chi connectivity index (χ3v) is 4.10. The van der Waals surface area contributed by atoms with Crippen LogP contribution >= 0.6 is 11.6 Å². The van der Waals surface area contributed by atoms with Crippen LogP contribution in [0.1, 0.15) is 25.5 Å². The largest absolute Gasteiger partial charge is 0.455 e. The van der Waals surface area contributed by atoms with Crippen LogP contribution in [0, 0.1) is 5.92 Å². The van der Waals surface area contributed by atoms with Gasteiger partial charge in [-0.3, -0.25) is 4.79 Å². The highest BCUT2D eigenvalue weighted by molar-refractivity contribution is 6.31. The number of aromatic nitrogens is 2. The zero-order valence-corrected chi connectivity index (χ0v) is 14.4. The van der Waals surface area contributed by atoms with E-state index in [9.17, 15) is 4.79 Å². The van der Waals surface area contributed by atoms with Crippen LogP contribution < -0.4 is 0 Å². The minimum absolute atomic E-state index is 0.172. The van der Waals surface area contributed by atoms with Gasteiger partial charge < -0.3 is 9.30 Å². The number of carbonyl (C=O) groups is 1. The predicted molar refractivity (Wildman–Crippen MR) is 94.9 cm³/mol. The molecule has 0 amide bonds. The summed E-state index contributed by atoms with van der Waals surface area (Å²) in [6, 6.07) is 11.8. The first-order valence-electron chi connectivity index (χ1n) is 7.88. The SMILES string of the molecule is CC(C)C(=O)OC(Cn1ccnc1)c1ccc2cc(Cl)ccc2c1. The summed E-state index contributed by atoms with van der Waals surface area (Å²) in [6.07, 6.45) is 4.92. The molecule has 0 saturated carbocycles. The first-order valence-corrected chi connectivity index (χ1v) is 8.26. The van der Waals surface area contributed by atoms with E-state index in [2.05, 4.69) is 4.98 Å². The van der Waals surface area contributed by atoms with Crippen molar-refractivity contribution in [1.82, 2.24) is 9.55 Å². The Labute approximate surface area is 146 Å². The van der Waals surface area contributed by atoms with Gasteiger partial charge in [-0.1, -0.05) is 43.6 Å². The number of halogens is 1. The lowest BCUT2D eigenvalue weighted by atomic mass is 10.0. The molecule has 5 heteroatoms. The number of hydrogen-bond acceptors (Lipinski definition) is 3. The van der Waals surface area contributed by atoms with Crippen LogP contribution in [-0.4, -0.2) is 15.5 Å². The van der Waals surface area contributed by atoms with Crippen molar-refractivity contribution in [1.29, 1.82) is 0 Å². The Kier molecular flexibility index (Phi) is 4.86. The number of esters is 1. The van der Waals surface area contributed by atoms with Crippen molar-refractivity contribution in [2.45, 2.75) is 26.5 Å². The van der Waals surface area contributed by atoms with Crippen LogP contribution in [0.25, 0.3) is 10.8 Å². The summed E-state index contributed by atoms with van der Waals surface area (Å²) in [6.45, 7) is 4.19. The molecule has 0 aliphatic carbocycles. The maximum absolute atomic E-state index is 12.1. The van der Waals surface area contributed by atoms with Crippen molar-refractivity contribution in [3.05, 3.63) is 65.7 Å². The standard InChI is InChI=1S/C19H19ClN2O2/c1-13(2)19(23)24-18(11-22-8-7-21-12-22)16-4-3-15-10-17(20)6-5-14(15)9-16/h3-10,12-13,18H,11H2,1-2H3. The fourth-order valence-corrected chi connectivity index (χ4v) is 2.69. The van der Waals surface area contributed by atoms with E-state index in [0.29, 0.717) is 11.6 Å². The molecule has 0 N–H and O–H groups in total. The Hall–Kier alpha value is -2.33. The monoisotopic (exact) mass is 342 g/mol. The normalized spacial score (nSPS) is 12.5. The van der Waals surface area contributed by atoms with Crippen LogP contribution in [0.5, 0.6) is 0 Å². The molecule has 3 aromatic rings. The number of benzene rings is 2. The Balaban J connectivity index is 1.94. The highest BCUT2D eigenvalue weighted by atomic mass is 35.5. The van der Waals surface area contributed by atoms with E-state index in [-0.39, 0.29) is 18.0 Å². The van der Waals surface area contributed by atoms with E-state index in [0.717, 1.165) is 16.3 Å². The van der Waals surface area contributed by atoms with E-state index in [1.165, 1.54) is 0 Å². The van der Waals surface area contributed by atoms with Crippen LogP contribution in [0.4, 0.5) is 0 Å². The molecule has 1 heterocycles. The van der Waals surface area contributed by atoms with Crippen molar-refractivity contribution in [3.8, 4) is 0 Å². The lowest BCUT2D eigenvalue weighted by molar-refractivity contribution is -0.154.